The van der Waals surface area contributed by atoms with Crippen LogP contribution in [0.1, 0.15) is 5.69 Å². The van der Waals surface area contributed by atoms with Gasteiger partial charge >= 0.3 is 5.97 Å². The topological polar surface area (TPSA) is 77.5 Å². The standard InChI is InChI=1S/C20H14Cl4N2O4/c1-10-5-6-11-13(22)7-14(23)20(19(11)25-10)30-9-17(28)29-8-16(27)26-15-4-2-3-12(21)18(15)24/h2-7H,8-9H2,1H3,(H,26,27). The van der Waals surface area contributed by atoms with Crippen molar-refractivity contribution < 1.29 is 19.1 Å². The van der Waals surface area contributed by atoms with Crippen LogP contribution in [0.3, 0.4) is 0 Å². The van der Waals surface area contributed by atoms with E-state index in [0.29, 0.717) is 21.6 Å². The first-order chi connectivity index (χ1) is 14.3. The number of aryl methyl sites for hydroxylation is 1. The summed E-state index contributed by atoms with van der Waals surface area (Å²) in [5.41, 5.74) is 1.46. The van der Waals surface area contributed by atoms with Crippen LogP contribution >= 0.6 is 46.4 Å². The van der Waals surface area contributed by atoms with Crippen LogP contribution in [-0.4, -0.2) is 30.1 Å². The molecule has 3 rings (SSSR count). The highest BCUT2D eigenvalue weighted by Gasteiger charge is 2.16. The third kappa shape index (κ3) is 5.26. The zero-order chi connectivity index (χ0) is 21.8. The van der Waals surface area contributed by atoms with Crippen LogP contribution in [0, 0.1) is 6.92 Å². The number of halogens is 4. The highest BCUT2D eigenvalue weighted by atomic mass is 35.5. The predicted molar refractivity (Wildman–Crippen MR) is 118 cm³/mol. The number of anilines is 1. The third-order valence-corrected chi connectivity index (χ3v) is 5.31. The second-order valence-corrected chi connectivity index (χ2v) is 7.72. The molecule has 0 aliphatic heterocycles. The summed E-state index contributed by atoms with van der Waals surface area (Å²) in [6, 6.07) is 9.86. The van der Waals surface area contributed by atoms with E-state index in [1.165, 1.54) is 6.07 Å². The van der Waals surface area contributed by atoms with E-state index >= 15 is 0 Å². The maximum Gasteiger partial charge on any atom is 0.344 e. The lowest BCUT2D eigenvalue weighted by Crippen LogP contribution is -2.24. The van der Waals surface area contributed by atoms with E-state index in [-0.39, 0.29) is 20.8 Å². The lowest BCUT2D eigenvalue weighted by Gasteiger charge is -2.12. The van der Waals surface area contributed by atoms with Gasteiger partial charge in [0.2, 0.25) is 0 Å². The summed E-state index contributed by atoms with van der Waals surface area (Å²) in [4.78, 5) is 28.4. The Hall–Kier alpha value is -2.25. The van der Waals surface area contributed by atoms with E-state index in [1.807, 2.05) is 0 Å². The van der Waals surface area contributed by atoms with Crippen molar-refractivity contribution in [2.45, 2.75) is 6.92 Å². The number of carbonyl (C=O) groups is 2. The highest BCUT2D eigenvalue weighted by molar-refractivity contribution is 6.44. The number of nitrogens with zero attached hydrogens (tertiary/aromatic N) is 1. The summed E-state index contributed by atoms with van der Waals surface area (Å²) in [6.45, 7) is 0.797. The van der Waals surface area contributed by atoms with Crippen molar-refractivity contribution in [3.8, 4) is 5.75 Å². The van der Waals surface area contributed by atoms with Gasteiger partial charge < -0.3 is 14.8 Å². The Morgan fingerprint density at radius 3 is 2.53 bits per heavy atom. The summed E-state index contributed by atoms with van der Waals surface area (Å²) in [7, 11) is 0. The van der Waals surface area contributed by atoms with Crippen LogP contribution in [-0.2, 0) is 14.3 Å². The van der Waals surface area contributed by atoms with E-state index in [2.05, 4.69) is 10.3 Å². The Morgan fingerprint density at radius 1 is 1.00 bits per heavy atom. The first-order valence-corrected chi connectivity index (χ1v) is 10.0. The summed E-state index contributed by atoms with van der Waals surface area (Å²) in [5.74, 6) is -1.15. The van der Waals surface area contributed by atoms with Crippen LogP contribution in [0.25, 0.3) is 10.9 Å². The van der Waals surface area contributed by atoms with Gasteiger partial charge in [0.25, 0.3) is 5.91 Å². The number of hydrogen-bond acceptors (Lipinski definition) is 5. The molecule has 0 spiro atoms. The minimum absolute atomic E-state index is 0.189. The highest BCUT2D eigenvalue weighted by Crippen LogP contribution is 2.37. The molecular weight excluding hydrogens is 474 g/mol. The smallest absolute Gasteiger partial charge is 0.344 e. The Bertz CT molecular complexity index is 1140. The molecular formula is C20H14Cl4N2O4. The average molecular weight is 488 g/mol. The summed E-state index contributed by atoms with van der Waals surface area (Å²) in [6.07, 6.45) is 0. The number of benzene rings is 2. The van der Waals surface area contributed by atoms with E-state index in [0.717, 1.165) is 5.69 Å². The molecule has 0 saturated carbocycles. The number of pyridine rings is 1. The molecule has 0 fully saturated rings. The van der Waals surface area contributed by atoms with E-state index in [4.69, 9.17) is 55.9 Å². The van der Waals surface area contributed by atoms with Crippen LogP contribution in [0.2, 0.25) is 20.1 Å². The van der Waals surface area contributed by atoms with Gasteiger partial charge in [-0.25, -0.2) is 9.78 Å². The molecule has 156 valence electrons. The number of ether oxygens (including phenoxy) is 2. The van der Waals surface area contributed by atoms with Crippen molar-refractivity contribution in [1.29, 1.82) is 0 Å². The van der Waals surface area contributed by atoms with Crippen LogP contribution in [0.15, 0.2) is 36.4 Å². The van der Waals surface area contributed by atoms with E-state index < -0.39 is 25.1 Å². The molecule has 1 N–H and O–H groups in total. The van der Waals surface area contributed by atoms with Crippen LogP contribution < -0.4 is 10.1 Å². The maximum atomic E-state index is 12.0. The minimum Gasteiger partial charge on any atom is -0.478 e. The fraction of sp³-hybridized carbons (Fsp3) is 0.150. The van der Waals surface area contributed by atoms with Gasteiger partial charge in [-0.2, -0.15) is 0 Å². The number of nitrogens with one attached hydrogen (secondary N) is 1. The fourth-order valence-corrected chi connectivity index (χ4v) is 3.45. The molecule has 0 saturated heterocycles. The van der Waals surface area contributed by atoms with Gasteiger partial charge in [0.15, 0.2) is 19.0 Å². The fourth-order valence-electron chi connectivity index (χ4n) is 2.53. The minimum atomic E-state index is -0.769. The number of aromatic nitrogens is 1. The van der Waals surface area contributed by atoms with Crippen LogP contribution in [0.4, 0.5) is 5.69 Å². The summed E-state index contributed by atoms with van der Waals surface area (Å²) >= 11 is 24.3. The molecule has 3 aromatic rings. The molecule has 10 heteroatoms. The Kier molecular flexibility index (Phi) is 7.26. The Balaban J connectivity index is 1.60. The lowest BCUT2D eigenvalue weighted by molar-refractivity contribution is -0.149. The molecule has 6 nitrogen and oxygen atoms in total. The number of hydrogen-bond donors (Lipinski definition) is 1. The van der Waals surface area contributed by atoms with Gasteiger partial charge in [0.1, 0.15) is 5.52 Å². The largest absolute Gasteiger partial charge is 0.478 e. The number of amides is 1. The average Bonchev–Trinajstić information content (AvgIpc) is 2.69. The van der Waals surface area contributed by atoms with E-state index in [9.17, 15) is 9.59 Å². The number of fused-ring (bicyclic) bond motifs is 1. The second-order valence-electron chi connectivity index (χ2n) is 6.12. The molecule has 0 radical (unpaired) electrons. The predicted octanol–water partition coefficient (Wildman–Crippen LogP) is 5.72. The van der Waals surface area contributed by atoms with Crippen molar-refractivity contribution in [2.24, 2.45) is 0 Å². The quantitative estimate of drug-likeness (QED) is 0.450. The molecule has 2 aromatic carbocycles. The van der Waals surface area contributed by atoms with Gasteiger partial charge in [0, 0.05) is 11.1 Å². The van der Waals surface area contributed by atoms with Gasteiger partial charge in [0.05, 0.1) is 25.8 Å². The molecule has 0 atom stereocenters. The van der Waals surface area contributed by atoms with Crippen molar-refractivity contribution in [2.75, 3.05) is 18.5 Å². The SMILES string of the molecule is Cc1ccc2c(Cl)cc(Cl)c(OCC(=O)OCC(=O)Nc3cccc(Cl)c3Cl)c2n1. The van der Waals surface area contributed by atoms with Crippen molar-refractivity contribution in [1.82, 2.24) is 4.98 Å². The molecule has 0 aliphatic rings. The summed E-state index contributed by atoms with van der Waals surface area (Å²) in [5, 5.41) is 4.23. The molecule has 0 aliphatic carbocycles. The molecule has 1 aromatic heterocycles. The van der Waals surface area contributed by atoms with Gasteiger partial charge in [-0.15, -0.1) is 0 Å². The zero-order valence-corrected chi connectivity index (χ0v) is 18.5. The zero-order valence-electron chi connectivity index (χ0n) is 15.5. The summed E-state index contributed by atoms with van der Waals surface area (Å²) < 4.78 is 10.4. The van der Waals surface area contributed by atoms with Gasteiger partial charge in [-0.1, -0.05) is 52.5 Å². The molecule has 1 amide bonds. The Morgan fingerprint density at radius 2 is 1.77 bits per heavy atom. The second kappa shape index (κ2) is 9.71. The first kappa shape index (κ1) is 22.4. The normalized spacial score (nSPS) is 10.7. The van der Waals surface area contributed by atoms with Crippen molar-refractivity contribution >= 4 is 74.9 Å². The lowest BCUT2D eigenvalue weighted by atomic mass is 10.2. The monoisotopic (exact) mass is 486 g/mol. The number of esters is 1. The van der Waals surface area contributed by atoms with Crippen molar-refractivity contribution in [3.63, 3.8) is 0 Å². The van der Waals surface area contributed by atoms with E-state index in [1.54, 1.807) is 37.3 Å². The number of rotatable bonds is 6. The third-order valence-electron chi connectivity index (χ3n) is 3.90. The molecule has 0 unspecified atom stereocenters. The number of carbonyl (C=O) groups excluding carboxylic acids is 2. The molecule has 30 heavy (non-hydrogen) atoms. The van der Waals surface area contributed by atoms with Gasteiger partial charge in [-0.05, 0) is 37.3 Å². The van der Waals surface area contributed by atoms with Crippen LogP contribution in [0.5, 0.6) is 5.75 Å². The van der Waals surface area contributed by atoms with Crippen molar-refractivity contribution in [3.05, 3.63) is 62.2 Å². The molecule has 0 bridgehead atoms. The van der Waals surface area contributed by atoms with Gasteiger partial charge in [-0.3, -0.25) is 4.79 Å². The first-order valence-electron chi connectivity index (χ1n) is 8.54. The molecule has 1 heterocycles. The Labute approximate surface area is 192 Å². The maximum absolute atomic E-state index is 12.0.